The zero-order valence-corrected chi connectivity index (χ0v) is 20.3. The lowest BCUT2D eigenvalue weighted by Crippen LogP contribution is -2.54. The summed E-state index contributed by atoms with van der Waals surface area (Å²) >= 11 is 0. The first-order chi connectivity index (χ1) is 15.5. The van der Waals surface area contributed by atoms with Gasteiger partial charge in [-0.15, -0.1) is 10.2 Å². The molecular formula is C24H32N6O3. The Balaban J connectivity index is 1.94. The highest BCUT2D eigenvalue weighted by atomic mass is 16.3. The maximum atomic E-state index is 13.6. The Morgan fingerprint density at radius 1 is 1.15 bits per heavy atom. The van der Waals surface area contributed by atoms with Crippen molar-refractivity contribution in [3.63, 3.8) is 0 Å². The number of hydrogen-bond acceptors (Lipinski definition) is 6. The summed E-state index contributed by atoms with van der Waals surface area (Å²) in [7, 11) is 0. The van der Waals surface area contributed by atoms with Gasteiger partial charge in [-0.2, -0.15) is 4.80 Å². The van der Waals surface area contributed by atoms with Crippen molar-refractivity contribution in [3.8, 4) is 11.6 Å². The first-order valence-corrected chi connectivity index (χ1v) is 11.0. The van der Waals surface area contributed by atoms with Crippen LogP contribution in [0.15, 0.2) is 34.7 Å². The lowest BCUT2D eigenvalue weighted by Gasteiger charge is -2.33. The minimum absolute atomic E-state index is 0.167. The molecule has 0 fully saturated rings. The monoisotopic (exact) mass is 452 g/mol. The summed E-state index contributed by atoms with van der Waals surface area (Å²) in [4.78, 5) is 29.6. The van der Waals surface area contributed by atoms with Gasteiger partial charge in [0.25, 0.3) is 5.91 Å². The molecule has 0 bridgehead atoms. The molecule has 2 aromatic heterocycles. The summed E-state index contributed by atoms with van der Waals surface area (Å²) in [5, 5.41) is 15.3. The molecule has 9 nitrogen and oxygen atoms in total. The van der Waals surface area contributed by atoms with Gasteiger partial charge in [-0.25, -0.2) is 0 Å². The van der Waals surface area contributed by atoms with E-state index in [1.165, 1.54) is 4.80 Å². The molecule has 0 saturated heterocycles. The summed E-state index contributed by atoms with van der Waals surface area (Å²) < 4.78 is 5.54. The largest absolute Gasteiger partial charge is 0.458 e. The van der Waals surface area contributed by atoms with Crippen LogP contribution in [0.3, 0.4) is 0 Å². The van der Waals surface area contributed by atoms with Crippen LogP contribution >= 0.6 is 0 Å². The Morgan fingerprint density at radius 2 is 1.88 bits per heavy atom. The van der Waals surface area contributed by atoms with Crippen LogP contribution in [0, 0.1) is 20.8 Å². The van der Waals surface area contributed by atoms with Crippen molar-refractivity contribution in [2.24, 2.45) is 0 Å². The Kier molecular flexibility index (Phi) is 7.00. The Labute approximate surface area is 194 Å². The number of carbonyl (C=O) groups excluding carboxylic acids is 2. The highest BCUT2D eigenvalue weighted by Crippen LogP contribution is 2.26. The topological polar surface area (TPSA) is 106 Å². The molecule has 1 aromatic carbocycles. The predicted octanol–water partition coefficient (Wildman–Crippen LogP) is 3.58. The smallest absolute Gasteiger partial charge is 0.251 e. The van der Waals surface area contributed by atoms with Crippen LogP contribution < -0.4 is 10.2 Å². The number of tetrazole rings is 1. The van der Waals surface area contributed by atoms with Crippen LogP contribution in [-0.2, 0) is 16.1 Å². The van der Waals surface area contributed by atoms with E-state index in [0.717, 1.165) is 16.9 Å². The lowest BCUT2D eigenvalue weighted by atomic mass is 10.0. The van der Waals surface area contributed by atoms with Crippen LogP contribution in [0.4, 0.5) is 5.69 Å². The van der Waals surface area contributed by atoms with Crippen molar-refractivity contribution in [1.29, 1.82) is 0 Å². The van der Waals surface area contributed by atoms with Gasteiger partial charge in [0.2, 0.25) is 11.7 Å². The molecule has 1 atom stereocenters. The summed E-state index contributed by atoms with van der Waals surface area (Å²) in [5.41, 5.74) is 2.16. The number of benzene rings is 1. The fraction of sp³-hybridized carbons (Fsp3) is 0.458. The number of nitrogens with one attached hydrogen (secondary N) is 1. The first kappa shape index (κ1) is 24.2. The number of amides is 2. The second-order valence-corrected chi connectivity index (χ2v) is 9.27. The number of nitrogens with zero attached hydrogens (tertiary/aromatic N) is 5. The van der Waals surface area contributed by atoms with Gasteiger partial charge < -0.3 is 9.73 Å². The number of hydrogen-bond donors (Lipinski definition) is 1. The summed E-state index contributed by atoms with van der Waals surface area (Å²) in [6.45, 7) is 13.2. The number of anilines is 1. The fourth-order valence-corrected chi connectivity index (χ4v) is 3.55. The maximum absolute atomic E-state index is 13.6. The van der Waals surface area contributed by atoms with Crippen LogP contribution in [0.2, 0.25) is 0 Å². The Morgan fingerprint density at radius 3 is 2.48 bits per heavy atom. The number of carbonyl (C=O) groups is 2. The van der Waals surface area contributed by atoms with Gasteiger partial charge in [-0.3, -0.25) is 14.5 Å². The minimum Gasteiger partial charge on any atom is -0.458 e. The maximum Gasteiger partial charge on any atom is 0.251 e. The molecule has 176 valence electrons. The Hall–Kier alpha value is -3.49. The summed E-state index contributed by atoms with van der Waals surface area (Å²) in [5.74, 6) is 0.992. The van der Waals surface area contributed by atoms with Crippen molar-refractivity contribution in [3.05, 3.63) is 47.2 Å². The standard InChI is InChI=1S/C24H32N6O3/c1-8-18(23(32)25-24(5,6)7)30(19-13-15(2)9-10-16(19)3)21(31)14-29-27-22(26-28-29)20-12-11-17(4)33-20/h9-13,18H,8,14H2,1-7H3,(H,25,32). The van der Waals surface area contributed by atoms with Gasteiger partial charge >= 0.3 is 0 Å². The predicted molar refractivity (Wildman–Crippen MR) is 126 cm³/mol. The van der Waals surface area contributed by atoms with E-state index in [9.17, 15) is 9.59 Å². The molecule has 1 unspecified atom stereocenters. The second kappa shape index (κ2) is 9.56. The molecule has 2 heterocycles. The molecular weight excluding hydrogens is 420 g/mol. The average molecular weight is 453 g/mol. The van der Waals surface area contributed by atoms with E-state index in [4.69, 9.17) is 4.42 Å². The van der Waals surface area contributed by atoms with Gasteiger partial charge in [0.1, 0.15) is 18.3 Å². The van der Waals surface area contributed by atoms with E-state index < -0.39 is 11.6 Å². The van der Waals surface area contributed by atoms with Gasteiger partial charge in [-0.1, -0.05) is 19.1 Å². The molecule has 1 N–H and O–H groups in total. The van der Waals surface area contributed by atoms with Crippen LogP contribution in [0.5, 0.6) is 0 Å². The summed E-state index contributed by atoms with van der Waals surface area (Å²) in [6, 6.07) is 8.73. The highest BCUT2D eigenvalue weighted by molar-refractivity contribution is 6.01. The molecule has 0 aliphatic rings. The molecule has 3 aromatic rings. The van der Waals surface area contributed by atoms with Gasteiger partial charge in [0.15, 0.2) is 5.76 Å². The van der Waals surface area contributed by atoms with Crippen molar-refractivity contribution in [2.75, 3.05) is 4.90 Å². The second-order valence-electron chi connectivity index (χ2n) is 9.27. The molecule has 0 radical (unpaired) electrons. The number of furan rings is 1. The van der Waals surface area contributed by atoms with E-state index in [2.05, 4.69) is 20.7 Å². The van der Waals surface area contributed by atoms with Crippen molar-refractivity contribution in [1.82, 2.24) is 25.5 Å². The third-order valence-electron chi connectivity index (χ3n) is 5.08. The third kappa shape index (κ3) is 5.85. The van der Waals surface area contributed by atoms with E-state index in [1.54, 1.807) is 11.0 Å². The number of aryl methyl sites for hydroxylation is 3. The van der Waals surface area contributed by atoms with Crippen LogP contribution in [0.1, 0.15) is 51.0 Å². The SMILES string of the molecule is CCC(C(=O)NC(C)(C)C)N(C(=O)Cn1nnc(-c2ccc(C)o2)n1)c1cc(C)ccc1C. The van der Waals surface area contributed by atoms with Crippen LogP contribution in [-0.4, -0.2) is 43.6 Å². The molecule has 2 amide bonds. The zero-order chi connectivity index (χ0) is 24.3. The molecule has 9 heteroatoms. The zero-order valence-electron chi connectivity index (χ0n) is 20.3. The molecule has 0 aliphatic heterocycles. The highest BCUT2D eigenvalue weighted by Gasteiger charge is 2.33. The van der Waals surface area contributed by atoms with E-state index in [1.807, 2.05) is 72.7 Å². The average Bonchev–Trinajstić information content (AvgIpc) is 3.35. The summed E-state index contributed by atoms with van der Waals surface area (Å²) in [6.07, 6.45) is 0.447. The van der Waals surface area contributed by atoms with E-state index in [-0.39, 0.29) is 18.4 Å². The van der Waals surface area contributed by atoms with E-state index in [0.29, 0.717) is 23.7 Å². The van der Waals surface area contributed by atoms with Crippen LogP contribution in [0.25, 0.3) is 11.6 Å². The third-order valence-corrected chi connectivity index (χ3v) is 5.08. The molecule has 0 aliphatic carbocycles. The number of aromatic nitrogens is 4. The molecule has 3 rings (SSSR count). The van der Waals surface area contributed by atoms with Crippen molar-refractivity contribution < 1.29 is 14.0 Å². The molecule has 0 saturated carbocycles. The van der Waals surface area contributed by atoms with Gasteiger partial charge in [0, 0.05) is 11.2 Å². The normalized spacial score (nSPS) is 12.5. The van der Waals surface area contributed by atoms with Gasteiger partial charge in [-0.05, 0) is 82.5 Å². The van der Waals surface area contributed by atoms with E-state index >= 15 is 0 Å². The fourth-order valence-electron chi connectivity index (χ4n) is 3.55. The first-order valence-electron chi connectivity index (χ1n) is 11.0. The quantitative estimate of drug-likeness (QED) is 0.587. The van der Waals surface area contributed by atoms with Crippen molar-refractivity contribution >= 4 is 17.5 Å². The molecule has 0 spiro atoms. The lowest BCUT2D eigenvalue weighted by molar-refractivity contribution is -0.128. The van der Waals surface area contributed by atoms with Gasteiger partial charge in [0.05, 0.1) is 0 Å². The Bertz CT molecular complexity index is 1140. The number of rotatable bonds is 7. The molecule has 33 heavy (non-hydrogen) atoms. The minimum atomic E-state index is -0.687. The van der Waals surface area contributed by atoms with Crippen molar-refractivity contribution in [2.45, 2.75) is 73.0 Å².